The maximum atomic E-state index is 4.06. The third-order valence-electron chi connectivity index (χ3n) is 1.36. The highest BCUT2D eigenvalue weighted by atomic mass is 32.2. The van der Waals surface area contributed by atoms with E-state index in [0.29, 0.717) is 0 Å². The summed E-state index contributed by atoms with van der Waals surface area (Å²) >= 11 is 1.78. The molecule has 1 aromatic heterocycles. The van der Waals surface area contributed by atoms with Crippen molar-refractivity contribution in [1.29, 1.82) is 0 Å². The summed E-state index contributed by atoms with van der Waals surface area (Å²) in [6.45, 7) is 4.17. The zero-order valence-corrected chi connectivity index (χ0v) is 7.61. The number of nitrogens with zero attached hydrogens (tertiary/aromatic N) is 1. The number of aromatic amines is 1. The minimum atomic E-state index is 1.03. The number of aryl methyl sites for hydroxylation is 1. The SMILES string of the molecule is CCSC=Cc1n[nH]cc1C. The van der Waals surface area contributed by atoms with Gasteiger partial charge in [-0.1, -0.05) is 6.92 Å². The summed E-state index contributed by atoms with van der Waals surface area (Å²) in [6, 6.07) is 0. The monoisotopic (exact) mass is 168 g/mol. The minimum absolute atomic E-state index is 1.03. The summed E-state index contributed by atoms with van der Waals surface area (Å²) in [4.78, 5) is 0. The highest BCUT2D eigenvalue weighted by molar-refractivity contribution is 8.02. The van der Waals surface area contributed by atoms with Gasteiger partial charge in [0.25, 0.3) is 0 Å². The van der Waals surface area contributed by atoms with Gasteiger partial charge in [-0.25, -0.2) is 0 Å². The standard InChI is InChI=1S/C8H12N2S/c1-3-11-5-4-8-7(2)6-9-10-8/h4-6H,3H2,1-2H3,(H,9,10). The van der Waals surface area contributed by atoms with Crippen molar-refractivity contribution in [2.75, 3.05) is 5.75 Å². The van der Waals surface area contributed by atoms with Crippen LogP contribution in [0.5, 0.6) is 0 Å². The predicted octanol–water partition coefficient (Wildman–Crippen LogP) is 2.44. The van der Waals surface area contributed by atoms with Crippen LogP contribution in [-0.4, -0.2) is 16.0 Å². The Balaban J connectivity index is 2.56. The number of H-pyrrole nitrogens is 1. The molecule has 0 aliphatic carbocycles. The quantitative estimate of drug-likeness (QED) is 0.751. The van der Waals surface area contributed by atoms with Crippen molar-refractivity contribution in [3.8, 4) is 0 Å². The first-order chi connectivity index (χ1) is 5.34. The predicted molar refractivity (Wildman–Crippen MR) is 50.5 cm³/mol. The number of aromatic nitrogens is 2. The van der Waals surface area contributed by atoms with Crippen molar-refractivity contribution in [3.63, 3.8) is 0 Å². The molecule has 1 N–H and O–H groups in total. The number of hydrogen-bond acceptors (Lipinski definition) is 2. The second-order valence-electron chi connectivity index (χ2n) is 2.21. The van der Waals surface area contributed by atoms with Crippen molar-refractivity contribution in [2.45, 2.75) is 13.8 Å². The molecule has 0 unspecified atom stereocenters. The van der Waals surface area contributed by atoms with Crippen molar-refractivity contribution in [1.82, 2.24) is 10.2 Å². The Hall–Kier alpha value is -0.700. The van der Waals surface area contributed by atoms with Gasteiger partial charge in [0.1, 0.15) is 0 Å². The average Bonchev–Trinajstić information content (AvgIpc) is 2.37. The number of rotatable bonds is 3. The van der Waals surface area contributed by atoms with E-state index in [9.17, 15) is 0 Å². The molecule has 0 atom stereocenters. The van der Waals surface area contributed by atoms with Crippen LogP contribution in [0.4, 0.5) is 0 Å². The number of hydrogen-bond donors (Lipinski definition) is 1. The van der Waals surface area contributed by atoms with Crippen LogP contribution in [-0.2, 0) is 0 Å². The Morgan fingerprint density at radius 1 is 1.73 bits per heavy atom. The summed E-state index contributed by atoms with van der Waals surface area (Å²) in [5.74, 6) is 1.11. The lowest BCUT2D eigenvalue weighted by Crippen LogP contribution is -1.73. The molecule has 0 fully saturated rings. The average molecular weight is 168 g/mol. The molecule has 0 aromatic carbocycles. The Bertz CT molecular complexity index is 240. The van der Waals surface area contributed by atoms with E-state index < -0.39 is 0 Å². The van der Waals surface area contributed by atoms with Gasteiger partial charge in [0.15, 0.2) is 0 Å². The summed E-state index contributed by atoms with van der Waals surface area (Å²) in [7, 11) is 0. The molecule has 0 aliphatic rings. The van der Waals surface area contributed by atoms with Gasteiger partial charge >= 0.3 is 0 Å². The molecule has 0 saturated carbocycles. The first-order valence-electron chi connectivity index (χ1n) is 3.63. The zero-order valence-electron chi connectivity index (χ0n) is 6.79. The topological polar surface area (TPSA) is 28.7 Å². The summed E-state index contributed by atoms with van der Waals surface area (Å²) in [5, 5.41) is 8.95. The first kappa shape index (κ1) is 8.40. The zero-order chi connectivity index (χ0) is 8.10. The van der Waals surface area contributed by atoms with E-state index in [1.807, 2.05) is 19.2 Å². The van der Waals surface area contributed by atoms with Crippen LogP contribution < -0.4 is 0 Å². The molecule has 0 radical (unpaired) electrons. The van der Waals surface area contributed by atoms with Gasteiger partial charge in [-0.3, -0.25) is 5.10 Å². The Kier molecular flexibility index (Phi) is 3.23. The molecule has 0 saturated heterocycles. The first-order valence-corrected chi connectivity index (χ1v) is 4.68. The molecule has 0 bridgehead atoms. The molecular formula is C8H12N2S. The summed E-state index contributed by atoms with van der Waals surface area (Å²) in [6.07, 6.45) is 3.93. The molecule has 0 spiro atoms. The smallest absolute Gasteiger partial charge is 0.0882 e. The van der Waals surface area contributed by atoms with E-state index in [1.54, 1.807) is 11.8 Å². The molecule has 1 heterocycles. The largest absolute Gasteiger partial charge is 0.285 e. The third kappa shape index (κ3) is 2.42. The van der Waals surface area contributed by atoms with Crippen LogP contribution in [0.15, 0.2) is 11.6 Å². The van der Waals surface area contributed by atoms with Gasteiger partial charge in [-0.15, -0.1) is 11.8 Å². The van der Waals surface area contributed by atoms with E-state index in [-0.39, 0.29) is 0 Å². The van der Waals surface area contributed by atoms with Crippen LogP contribution >= 0.6 is 11.8 Å². The number of nitrogens with one attached hydrogen (secondary N) is 1. The fourth-order valence-electron chi connectivity index (χ4n) is 0.738. The third-order valence-corrected chi connectivity index (χ3v) is 2.02. The molecule has 11 heavy (non-hydrogen) atoms. The van der Waals surface area contributed by atoms with E-state index in [0.717, 1.165) is 11.4 Å². The maximum absolute atomic E-state index is 4.06. The molecule has 0 aliphatic heterocycles. The molecule has 2 nitrogen and oxygen atoms in total. The van der Waals surface area contributed by atoms with Crippen LogP contribution in [0.2, 0.25) is 0 Å². The normalized spacial score (nSPS) is 11.1. The summed E-state index contributed by atoms with van der Waals surface area (Å²) < 4.78 is 0. The lowest BCUT2D eigenvalue weighted by molar-refractivity contribution is 1.08. The van der Waals surface area contributed by atoms with Crippen LogP contribution in [0, 0.1) is 6.92 Å². The highest BCUT2D eigenvalue weighted by Crippen LogP contribution is 2.08. The van der Waals surface area contributed by atoms with Crippen molar-refractivity contribution >= 4 is 17.8 Å². The van der Waals surface area contributed by atoms with Crippen molar-refractivity contribution < 1.29 is 0 Å². The Labute approximate surface area is 71.1 Å². The molecular weight excluding hydrogens is 156 g/mol. The Morgan fingerprint density at radius 3 is 3.09 bits per heavy atom. The van der Waals surface area contributed by atoms with Gasteiger partial charge in [0, 0.05) is 6.20 Å². The second-order valence-corrected chi connectivity index (χ2v) is 3.39. The molecule has 1 rings (SSSR count). The van der Waals surface area contributed by atoms with Gasteiger partial charge in [0.2, 0.25) is 0 Å². The van der Waals surface area contributed by atoms with Crippen molar-refractivity contribution in [3.05, 3.63) is 22.9 Å². The Morgan fingerprint density at radius 2 is 2.55 bits per heavy atom. The molecule has 0 amide bonds. The van der Waals surface area contributed by atoms with Gasteiger partial charge in [-0.05, 0) is 29.7 Å². The van der Waals surface area contributed by atoms with E-state index in [1.165, 1.54) is 5.56 Å². The van der Waals surface area contributed by atoms with Crippen LogP contribution in [0.25, 0.3) is 6.08 Å². The highest BCUT2D eigenvalue weighted by Gasteiger charge is 1.93. The van der Waals surface area contributed by atoms with E-state index >= 15 is 0 Å². The minimum Gasteiger partial charge on any atom is -0.285 e. The van der Waals surface area contributed by atoms with Crippen molar-refractivity contribution in [2.24, 2.45) is 0 Å². The fourth-order valence-corrected chi connectivity index (χ4v) is 1.16. The van der Waals surface area contributed by atoms with E-state index in [4.69, 9.17) is 0 Å². The second kappa shape index (κ2) is 4.23. The fraction of sp³-hybridized carbons (Fsp3) is 0.375. The van der Waals surface area contributed by atoms with Gasteiger partial charge in [0.05, 0.1) is 5.69 Å². The van der Waals surface area contributed by atoms with Crippen LogP contribution in [0.3, 0.4) is 0 Å². The molecule has 3 heteroatoms. The molecule has 1 aromatic rings. The molecule has 60 valence electrons. The summed E-state index contributed by atoms with van der Waals surface area (Å²) in [5.41, 5.74) is 2.23. The van der Waals surface area contributed by atoms with Gasteiger partial charge in [-0.2, -0.15) is 5.10 Å². The van der Waals surface area contributed by atoms with Gasteiger partial charge < -0.3 is 0 Å². The lowest BCUT2D eigenvalue weighted by atomic mass is 10.3. The lowest BCUT2D eigenvalue weighted by Gasteiger charge is -1.86. The van der Waals surface area contributed by atoms with Crippen LogP contribution in [0.1, 0.15) is 18.2 Å². The van der Waals surface area contributed by atoms with E-state index in [2.05, 4.69) is 22.5 Å². The maximum Gasteiger partial charge on any atom is 0.0882 e. The number of thioether (sulfide) groups is 1.